The minimum atomic E-state index is -3.68. The molecule has 1 N–H and O–H groups in total. The van der Waals surface area contributed by atoms with Gasteiger partial charge < -0.3 is 14.8 Å². The van der Waals surface area contributed by atoms with Crippen LogP contribution in [0.5, 0.6) is 11.5 Å². The van der Waals surface area contributed by atoms with Crippen molar-refractivity contribution in [3.05, 3.63) is 35.9 Å². The van der Waals surface area contributed by atoms with Crippen molar-refractivity contribution in [2.24, 2.45) is 5.92 Å². The van der Waals surface area contributed by atoms with Gasteiger partial charge in [0.25, 0.3) is 0 Å². The van der Waals surface area contributed by atoms with Crippen LogP contribution in [0.3, 0.4) is 0 Å². The summed E-state index contributed by atoms with van der Waals surface area (Å²) in [7, 11) is 0. The number of fused-ring (bicyclic) bond motifs is 1. The van der Waals surface area contributed by atoms with Gasteiger partial charge in [0.15, 0.2) is 11.5 Å². The number of amides is 1. The first-order chi connectivity index (χ1) is 10.6. The SMILES string of the molecule is C=C(NC(=O)C(C)C)Sc1cc2c(cc1C(=C)C)OC(F)(F)O2. The first-order valence-electron chi connectivity index (χ1n) is 6.86. The molecule has 0 radical (unpaired) electrons. The molecule has 0 saturated carbocycles. The van der Waals surface area contributed by atoms with E-state index < -0.39 is 6.29 Å². The fraction of sp³-hybridized carbons (Fsp3) is 0.312. The summed E-state index contributed by atoms with van der Waals surface area (Å²) in [5.41, 5.74) is 1.28. The minimum Gasteiger partial charge on any atom is -0.395 e. The highest BCUT2D eigenvalue weighted by atomic mass is 32.2. The van der Waals surface area contributed by atoms with Gasteiger partial charge in [-0.1, -0.05) is 38.8 Å². The van der Waals surface area contributed by atoms with E-state index in [0.717, 1.165) is 11.8 Å². The molecule has 124 valence electrons. The van der Waals surface area contributed by atoms with Crippen LogP contribution in [0.2, 0.25) is 0 Å². The van der Waals surface area contributed by atoms with Gasteiger partial charge in [0.1, 0.15) is 0 Å². The number of rotatable bonds is 5. The van der Waals surface area contributed by atoms with Crippen molar-refractivity contribution in [1.82, 2.24) is 5.32 Å². The van der Waals surface area contributed by atoms with Crippen molar-refractivity contribution in [2.75, 3.05) is 0 Å². The van der Waals surface area contributed by atoms with Gasteiger partial charge >= 0.3 is 6.29 Å². The smallest absolute Gasteiger partial charge is 0.395 e. The van der Waals surface area contributed by atoms with E-state index in [1.54, 1.807) is 20.8 Å². The second kappa shape index (κ2) is 6.23. The van der Waals surface area contributed by atoms with Crippen LogP contribution in [-0.4, -0.2) is 12.2 Å². The van der Waals surface area contributed by atoms with Crippen LogP contribution in [0.15, 0.2) is 35.2 Å². The van der Waals surface area contributed by atoms with Gasteiger partial charge in [0, 0.05) is 10.8 Å². The highest BCUT2D eigenvalue weighted by Crippen LogP contribution is 2.46. The van der Waals surface area contributed by atoms with E-state index in [-0.39, 0.29) is 23.3 Å². The lowest BCUT2D eigenvalue weighted by Crippen LogP contribution is -2.25. The number of benzene rings is 1. The van der Waals surface area contributed by atoms with Crippen LogP contribution in [-0.2, 0) is 4.79 Å². The van der Waals surface area contributed by atoms with Crippen LogP contribution in [0.25, 0.3) is 5.57 Å². The maximum Gasteiger partial charge on any atom is 0.586 e. The monoisotopic (exact) mass is 341 g/mol. The topological polar surface area (TPSA) is 47.6 Å². The van der Waals surface area contributed by atoms with Crippen molar-refractivity contribution in [3.63, 3.8) is 0 Å². The van der Waals surface area contributed by atoms with Crippen molar-refractivity contribution in [3.8, 4) is 11.5 Å². The average Bonchev–Trinajstić information content (AvgIpc) is 2.70. The fourth-order valence-electron chi connectivity index (χ4n) is 1.84. The van der Waals surface area contributed by atoms with Gasteiger partial charge in [-0.05, 0) is 30.2 Å². The van der Waals surface area contributed by atoms with Gasteiger partial charge in [0.2, 0.25) is 5.91 Å². The molecule has 1 heterocycles. The third kappa shape index (κ3) is 4.04. The first kappa shape index (κ1) is 17.3. The van der Waals surface area contributed by atoms with E-state index in [2.05, 4.69) is 27.9 Å². The van der Waals surface area contributed by atoms with Crippen molar-refractivity contribution >= 4 is 23.2 Å². The van der Waals surface area contributed by atoms with Crippen molar-refractivity contribution in [1.29, 1.82) is 0 Å². The first-order valence-corrected chi connectivity index (χ1v) is 7.68. The third-order valence-electron chi connectivity index (χ3n) is 2.98. The predicted octanol–water partition coefficient (Wildman–Crippen LogP) is 4.38. The minimum absolute atomic E-state index is 0.0471. The Kier molecular flexibility index (Phi) is 4.70. The lowest BCUT2D eigenvalue weighted by molar-refractivity contribution is -0.286. The van der Waals surface area contributed by atoms with E-state index in [4.69, 9.17) is 0 Å². The lowest BCUT2D eigenvalue weighted by atomic mass is 10.1. The molecule has 1 amide bonds. The summed E-state index contributed by atoms with van der Waals surface area (Å²) in [6.45, 7) is 12.9. The highest BCUT2D eigenvalue weighted by Gasteiger charge is 2.43. The Balaban J connectivity index is 2.27. The molecule has 7 heteroatoms. The number of hydrogen-bond donors (Lipinski definition) is 1. The Morgan fingerprint density at radius 3 is 2.35 bits per heavy atom. The van der Waals surface area contributed by atoms with Crippen LogP contribution in [0, 0.1) is 5.92 Å². The molecule has 2 rings (SSSR count). The van der Waals surface area contributed by atoms with Gasteiger partial charge in [-0.25, -0.2) is 0 Å². The zero-order valence-electron chi connectivity index (χ0n) is 13.0. The molecule has 0 saturated heterocycles. The number of ether oxygens (including phenoxy) is 2. The summed E-state index contributed by atoms with van der Waals surface area (Å²) in [5, 5.41) is 3.04. The second-order valence-electron chi connectivity index (χ2n) is 5.41. The number of allylic oxidation sites excluding steroid dienone is 1. The number of hydrogen-bond acceptors (Lipinski definition) is 4. The molecular formula is C16H17F2NO3S. The van der Waals surface area contributed by atoms with E-state index in [1.165, 1.54) is 12.1 Å². The van der Waals surface area contributed by atoms with E-state index in [0.29, 0.717) is 21.1 Å². The normalized spacial score (nSPS) is 14.7. The molecule has 1 aliphatic rings. The molecule has 1 aromatic carbocycles. The van der Waals surface area contributed by atoms with E-state index >= 15 is 0 Å². The zero-order valence-corrected chi connectivity index (χ0v) is 13.9. The number of halogens is 2. The predicted molar refractivity (Wildman–Crippen MR) is 85.3 cm³/mol. The maximum atomic E-state index is 13.2. The molecular weight excluding hydrogens is 324 g/mol. The molecule has 4 nitrogen and oxygen atoms in total. The summed E-state index contributed by atoms with van der Waals surface area (Å²) >= 11 is 1.14. The number of alkyl halides is 2. The molecule has 0 aliphatic carbocycles. The van der Waals surface area contributed by atoms with E-state index in [1.807, 2.05) is 0 Å². The van der Waals surface area contributed by atoms with Crippen LogP contribution >= 0.6 is 11.8 Å². The summed E-state index contributed by atoms with van der Waals surface area (Å²) in [4.78, 5) is 12.3. The van der Waals surface area contributed by atoms with Gasteiger partial charge in [-0.2, -0.15) is 0 Å². The Morgan fingerprint density at radius 1 is 1.26 bits per heavy atom. The quantitative estimate of drug-likeness (QED) is 0.808. The molecule has 1 aromatic rings. The standard InChI is InChI=1S/C16H17F2NO3S/c1-8(2)11-6-12-13(22-16(17,18)21-12)7-14(11)23-10(5)19-15(20)9(3)4/h6-7,9H,1,5H2,2-4H3,(H,19,20). The molecule has 0 aromatic heterocycles. The highest BCUT2D eigenvalue weighted by molar-refractivity contribution is 8.03. The summed E-state index contributed by atoms with van der Waals surface area (Å²) in [5.74, 6) is -0.477. The maximum absolute atomic E-state index is 13.2. The lowest BCUT2D eigenvalue weighted by Gasteiger charge is -2.13. The summed E-state index contributed by atoms with van der Waals surface area (Å²) in [6, 6.07) is 2.87. The largest absolute Gasteiger partial charge is 0.586 e. The molecule has 0 unspecified atom stereocenters. The van der Waals surface area contributed by atoms with Crippen molar-refractivity contribution < 1.29 is 23.0 Å². The Hall–Kier alpha value is -2.02. The van der Waals surface area contributed by atoms with Gasteiger partial charge in [-0.3, -0.25) is 4.79 Å². The molecule has 1 aliphatic heterocycles. The molecule has 0 bridgehead atoms. The molecule has 23 heavy (non-hydrogen) atoms. The second-order valence-corrected chi connectivity index (χ2v) is 6.55. The van der Waals surface area contributed by atoms with Crippen molar-refractivity contribution in [2.45, 2.75) is 32.0 Å². The Bertz CT molecular complexity index is 686. The summed E-state index contributed by atoms with van der Waals surface area (Å²) in [6.07, 6.45) is -3.68. The van der Waals surface area contributed by atoms with Crippen LogP contribution < -0.4 is 14.8 Å². The molecule has 0 fully saturated rings. The molecule has 0 atom stereocenters. The Morgan fingerprint density at radius 2 is 1.83 bits per heavy atom. The number of carbonyl (C=O) groups is 1. The average molecular weight is 341 g/mol. The molecule has 0 spiro atoms. The fourth-order valence-corrected chi connectivity index (χ4v) is 2.76. The number of thioether (sulfide) groups is 1. The summed E-state index contributed by atoms with van der Waals surface area (Å²) < 4.78 is 35.3. The van der Waals surface area contributed by atoms with Crippen LogP contribution in [0.4, 0.5) is 8.78 Å². The van der Waals surface area contributed by atoms with Gasteiger partial charge in [0.05, 0.1) is 5.03 Å². The van der Waals surface area contributed by atoms with Crippen LogP contribution in [0.1, 0.15) is 26.3 Å². The van der Waals surface area contributed by atoms with Gasteiger partial charge in [-0.15, -0.1) is 8.78 Å². The Labute approximate surface area is 137 Å². The van der Waals surface area contributed by atoms with E-state index in [9.17, 15) is 13.6 Å². The number of carbonyl (C=O) groups excluding carboxylic acids is 1. The third-order valence-corrected chi connectivity index (χ3v) is 3.89. The zero-order chi connectivity index (χ0) is 17.4. The number of nitrogens with one attached hydrogen (secondary N) is 1.